The number of carbonyl (C=O) groups excluding carboxylic acids is 1. The minimum absolute atomic E-state index is 0.0730. The Labute approximate surface area is 97.6 Å². The van der Waals surface area contributed by atoms with Gasteiger partial charge in [-0.3, -0.25) is 4.79 Å². The van der Waals surface area contributed by atoms with Gasteiger partial charge in [-0.25, -0.2) is 0 Å². The largest absolute Gasteiger partial charge is 0.376 e. The lowest BCUT2D eigenvalue weighted by Gasteiger charge is -2.11. The maximum absolute atomic E-state index is 11.3. The summed E-state index contributed by atoms with van der Waals surface area (Å²) in [6.07, 6.45) is 0. The maximum atomic E-state index is 11.3. The molecular weight excluding hydrogens is 291 g/mol. The molecule has 0 heterocycles. The van der Waals surface area contributed by atoms with E-state index in [0.717, 1.165) is 9.26 Å². The average Bonchev–Trinajstić information content (AvgIpc) is 2.14. The van der Waals surface area contributed by atoms with Crippen molar-refractivity contribution in [2.24, 2.45) is 0 Å². The first-order valence-electron chi connectivity index (χ1n) is 4.29. The molecule has 1 amide bonds. The zero-order valence-corrected chi connectivity index (χ0v) is 10.4. The van der Waals surface area contributed by atoms with Crippen LogP contribution in [0.15, 0.2) is 24.3 Å². The van der Waals surface area contributed by atoms with Crippen LogP contribution in [0.2, 0.25) is 0 Å². The van der Waals surface area contributed by atoms with Gasteiger partial charge in [-0.05, 0) is 40.8 Å². The summed E-state index contributed by atoms with van der Waals surface area (Å²) in [5, 5.41) is 3.07. The molecule has 1 N–H and O–H groups in total. The van der Waals surface area contributed by atoms with Crippen LogP contribution in [0.3, 0.4) is 0 Å². The molecule has 0 unspecified atom stereocenters. The molecule has 0 saturated carbocycles. The molecule has 0 aliphatic heterocycles. The highest BCUT2D eigenvalue weighted by molar-refractivity contribution is 14.1. The van der Waals surface area contributed by atoms with E-state index in [-0.39, 0.29) is 5.91 Å². The Bertz CT molecular complexity index is 326. The molecule has 1 aromatic carbocycles. The number of rotatable bonds is 3. The highest BCUT2D eigenvalue weighted by atomic mass is 127. The van der Waals surface area contributed by atoms with Crippen LogP contribution < -0.4 is 5.32 Å². The number of nitrogens with one attached hydrogen (secondary N) is 1. The molecule has 14 heavy (non-hydrogen) atoms. The fourth-order valence-corrected chi connectivity index (χ4v) is 1.48. The van der Waals surface area contributed by atoms with Gasteiger partial charge in [-0.15, -0.1) is 0 Å². The molecule has 1 aromatic rings. The molecule has 0 aliphatic rings. The van der Waals surface area contributed by atoms with Crippen LogP contribution in [0, 0.1) is 3.57 Å². The van der Waals surface area contributed by atoms with E-state index in [4.69, 9.17) is 0 Å². The van der Waals surface area contributed by atoms with Gasteiger partial charge in [0.25, 0.3) is 0 Å². The summed E-state index contributed by atoms with van der Waals surface area (Å²) < 4.78 is 1.16. The number of likely N-dealkylation sites (N-methyl/N-ethyl adjacent to an activating group) is 1. The lowest BCUT2D eigenvalue weighted by Crippen LogP contribution is -2.28. The molecule has 0 aromatic heterocycles. The van der Waals surface area contributed by atoms with Gasteiger partial charge in [0.2, 0.25) is 5.91 Å². The van der Waals surface area contributed by atoms with Gasteiger partial charge in [-0.2, -0.15) is 0 Å². The van der Waals surface area contributed by atoms with Crippen LogP contribution in [0.5, 0.6) is 0 Å². The Hall–Kier alpha value is -0.780. The molecule has 0 bridgehead atoms. The van der Waals surface area contributed by atoms with Crippen LogP contribution in [0.25, 0.3) is 0 Å². The van der Waals surface area contributed by atoms with Crippen molar-refractivity contribution >= 4 is 34.2 Å². The second-order valence-electron chi connectivity index (χ2n) is 3.15. The van der Waals surface area contributed by atoms with E-state index in [1.54, 1.807) is 19.0 Å². The molecule has 0 spiro atoms. The van der Waals surface area contributed by atoms with E-state index < -0.39 is 0 Å². The highest BCUT2D eigenvalue weighted by Crippen LogP contribution is 2.11. The van der Waals surface area contributed by atoms with E-state index in [1.165, 1.54) is 0 Å². The summed E-state index contributed by atoms with van der Waals surface area (Å²) in [5.41, 5.74) is 0.979. The smallest absolute Gasteiger partial charge is 0.241 e. The zero-order valence-electron chi connectivity index (χ0n) is 8.25. The number of halogens is 1. The zero-order chi connectivity index (χ0) is 10.6. The first-order chi connectivity index (χ1) is 6.59. The molecule has 4 heteroatoms. The fourth-order valence-electron chi connectivity index (χ4n) is 0.934. The SMILES string of the molecule is CN(C)C(=O)CNc1cccc(I)c1. The molecule has 3 nitrogen and oxygen atoms in total. The van der Waals surface area contributed by atoms with E-state index in [1.807, 2.05) is 24.3 Å². The van der Waals surface area contributed by atoms with Gasteiger partial charge < -0.3 is 10.2 Å². The third-order valence-corrected chi connectivity index (χ3v) is 2.44. The topological polar surface area (TPSA) is 32.3 Å². The molecule has 1 rings (SSSR count). The van der Waals surface area contributed by atoms with Crippen LogP contribution in [0.4, 0.5) is 5.69 Å². The third-order valence-electron chi connectivity index (χ3n) is 1.77. The quantitative estimate of drug-likeness (QED) is 0.864. The fraction of sp³-hybridized carbons (Fsp3) is 0.300. The number of benzene rings is 1. The number of hydrogen-bond acceptors (Lipinski definition) is 2. The van der Waals surface area contributed by atoms with Crippen molar-refractivity contribution in [1.29, 1.82) is 0 Å². The molecular formula is C10H13IN2O. The monoisotopic (exact) mass is 304 g/mol. The Morgan fingerprint density at radius 2 is 2.21 bits per heavy atom. The van der Waals surface area contributed by atoms with Crippen molar-refractivity contribution in [3.05, 3.63) is 27.8 Å². The van der Waals surface area contributed by atoms with E-state index >= 15 is 0 Å². The first kappa shape index (κ1) is 11.3. The minimum Gasteiger partial charge on any atom is -0.376 e. The number of carbonyl (C=O) groups is 1. The summed E-state index contributed by atoms with van der Waals surface area (Å²) >= 11 is 2.24. The molecule has 0 radical (unpaired) electrons. The van der Waals surface area contributed by atoms with Crippen LogP contribution >= 0.6 is 22.6 Å². The summed E-state index contributed by atoms with van der Waals surface area (Å²) in [7, 11) is 3.50. The van der Waals surface area contributed by atoms with Crippen molar-refractivity contribution in [2.45, 2.75) is 0 Å². The summed E-state index contributed by atoms with van der Waals surface area (Å²) in [6.45, 7) is 0.340. The van der Waals surface area contributed by atoms with Crippen molar-refractivity contribution < 1.29 is 4.79 Å². The van der Waals surface area contributed by atoms with Crippen molar-refractivity contribution in [2.75, 3.05) is 26.0 Å². The van der Waals surface area contributed by atoms with Crippen LogP contribution in [-0.4, -0.2) is 31.4 Å². The molecule has 0 aliphatic carbocycles. The first-order valence-corrected chi connectivity index (χ1v) is 5.37. The molecule has 0 atom stereocenters. The van der Waals surface area contributed by atoms with Crippen molar-refractivity contribution in [3.63, 3.8) is 0 Å². The highest BCUT2D eigenvalue weighted by Gasteiger charge is 2.02. The van der Waals surface area contributed by atoms with Gasteiger partial charge in [0.1, 0.15) is 0 Å². The van der Waals surface area contributed by atoms with E-state index in [9.17, 15) is 4.79 Å². The molecule has 0 fully saturated rings. The summed E-state index contributed by atoms with van der Waals surface area (Å²) in [4.78, 5) is 12.8. The van der Waals surface area contributed by atoms with E-state index in [2.05, 4.69) is 27.9 Å². The Kier molecular flexibility index (Phi) is 4.19. The van der Waals surface area contributed by atoms with Gasteiger partial charge >= 0.3 is 0 Å². The Morgan fingerprint density at radius 1 is 1.50 bits per heavy atom. The maximum Gasteiger partial charge on any atom is 0.241 e. The third kappa shape index (κ3) is 3.53. The predicted octanol–water partition coefficient (Wildman–Crippen LogP) is 1.79. The van der Waals surface area contributed by atoms with Gasteiger partial charge in [-0.1, -0.05) is 6.07 Å². The van der Waals surface area contributed by atoms with Gasteiger partial charge in [0, 0.05) is 23.4 Å². The normalized spacial score (nSPS) is 9.64. The second-order valence-corrected chi connectivity index (χ2v) is 4.40. The van der Waals surface area contributed by atoms with Crippen molar-refractivity contribution in [1.82, 2.24) is 4.90 Å². The number of nitrogens with zero attached hydrogens (tertiary/aromatic N) is 1. The number of anilines is 1. The predicted molar refractivity (Wildman–Crippen MR) is 66.3 cm³/mol. The second kappa shape index (κ2) is 5.19. The lowest BCUT2D eigenvalue weighted by molar-refractivity contribution is -0.126. The summed E-state index contributed by atoms with van der Waals surface area (Å²) in [6, 6.07) is 7.93. The lowest BCUT2D eigenvalue weighted by atomic mass is 10.3. The van der Waals surface area contributed by atoms with Gasteiger partial charge in [0.05, 0.1) is 6.54 Å². The van der Waals surface area contributed by atoms with Crippen molar-refractivity contribution in [3.8, 4) is 0 Å². The standard InChI is InChI=1S/C10H13IN2O/c1-13(2)10(14)7-12-9-5-3-4-8(11)6-9/h3-6,12H,7H2,1-2H3. The van der Waals surface area contributed by atoms with E-state index in [0.29, 0.717) is 6.54 Å². The number of amides is 1. The molecule has 76 valence electrons. The average molecular weight is 304 g/mol. The molecule has 0 saturated heterocycles. The van der Waals surface area contributed by atoms with Crippen LogP contribution in [0.1, 0.15) is 0 Å². The Balaban J connectivity index is 2.50. The minimum atomic E-state index is 0.0730. The number of hydrogen-bond donors (Lipinski definition) is 1. The summed E-state index contributed by atoms with van der Waals surface area (Å²) in [5.74, 6) is 0.0730. The van der Waals surface area contributed by atoms with Gasteiger partial charge in [0.15, 0.2) is 0 Å². The van der Waals surface area contributed by atoms with Crippen LogP contribution in [-0.2, 0) is 4.79 Å². The Morgan fingerprint density at radius 3 is 2.79 bits per heavy atom.